The largest absolute Gasteiger partial charge is 0.462 e. The van der Waals surface area contributed by atoms with E-state index in [9.17, 15) is 14.4 Å². The van der Waals surface area contributed by atoms with Crippen molar-refractivity contribution in [1.29, 1.82) is 0 Å². The second-order valence-electron chi connectivity index (χ2n) is 17.1. The molecule has 1 atom stereocenters. The number of hydrogen-bond donors (Lipinski definition) is 0. The van der Waals surface area contributed by atoms with Crippen LogP contribution in [-0.2, 0) is 28.6 Å². The minimum absolute atomic E-state index is 0.103. The summed E-state index contributed by atoms with van der Waals surface area (Å²) in [6, 6.07) is 0. The highest BCUT2D eigenvalue weighted by molar-refractivity contribution is 5.71. The lowest BCUT2D eigenvalue weighted by molar-refractivity contribution is -0.167. The van der Waals surface area contributed by atoms with Crippen molar-refractivity contribution < 1.29 is 28.6 Å². The van der Waals surface area contributed by atoms with E-state index in [0.29, 0.717) is 19.3 Å². The first-order valence-corrected chi connectivity index (χ1v) is 26.3. The molecule has 364 valence electrons. The summed E-state index contributed by atoms with van der Waals surface area (Å²) in [6.45, 7) is 6.32. The number of carbonyl (C=O) groups is 3. The smallest absolute Gasteiger partial charge is 0.306 e. The van der Waals surface area contributed by atoms with Gasteiger partial charge in [-0.15, -0.1) is 0 Å². The Kier molecular flexibility index (Phi) is 49.0. The number of unbranched alkanes of at least 4 members (excludes halogenated alkanes) is 22. The first kappa shape index (κ1) is 60.3. The van der Waals surface area contributed by atoms with E-state index in [2.05, 4.69) is 93.7 Å². The van der Waals surface area contributed by atoms with E-state index >= 15 is 0 Å². The van der Waals surface area contributed by atoms with Gasteiger partial charge in [0.05, 0.1) is 0 Å². The molecule has 0 spiro atoms. The van der Waals surface area contributed by atoms with Gasteiger partial charge in [-0.1, -0.05) is 214 Å². The summed E-state index contributed by atoms with van der Waals surface area (Å²) in [4.78, 5) is 38.0. The molecular formula is C58H96O6. The predicted molar refractivity (Wildman–Crippen MR) is 274 cm³/mol. The molecular weight excluding hydrogens is 793 g/mol. The summed E-state index contributed by atoms with van der Waals surface area (Å²) >= 11 is 0. The molecule has 1 unspecified atom stereocenters. The zero-order valence-electron chi connectivity index (χ0n) is 41.5. The van der Waals surface area contributed by atoms with E-state index in [1.165, 1.54) is 89.9 Å². The molecule has 0 aliphatic rings. The van der Waals surface area contributed by atoms with E-state index in [0.717, 1.165) is 103 Å². The Morgan fingerprint density at radius 2 is 0.688 bits per heavy atom. The molecule has 0 saturated carbocycles. The molecule has 0 aliphatic carbocycles. The van der Waals surface area contributed by atoms with E-state index in [-0.39, 0.29) is 31.1 Å². The lowest BCUT2D eigenvalue weighted by atomic mass is 10.1. The highest BCUT2D eigenvalue weighted by Crippen LogP contribution is 2.14. The van der Waals surface area contributed by atoms with Crippen LogP contribution in [0.2, 0.25) is 0 Å². The predicted octanol–water partition coefficient (Wildman–Crippen LogP) is 17.4. The van der Waals surface area contributed by atoms with Gasteiger partial charge in [-0.3, -0.25) is 14.4 Å². The second-order valence-corrected chi connectivity index (χ2v) is 17.1. The third-order valence-corrected chi connectivity index (χ3v) is 10.9. The van der Waals surface area contributed by atoms with E-state index < -0.39 is 6.10 Å². The van der Waals surface area contributed by atoms with E-state index in [1.54, 1.807) is 0 Å². The number of hydrogen-bond acceptors (Lipinski definition) is 6. The molecule has 0 aromatic heterocycles. The maximum atomic E-state index is 12.8. The van der Waals surface area contributed by atoms with Gasteiger partial charge in [0, 0.05) is 19.3 Å². The molecule has 0 aromatic rings. The van der Waals surface area contributed by atoms with Crippen LogP contribution in [0.15, 0.2) is 97.2 Å². The fourth-order valence-corrected chi connectivity index (χ4v) is 6.99. The van der Waals surface area contributed by atoms with Crippen LogP contribution in [0.25, 0.3) is 0 Å². The molecule has 0 heterocycles. The zero-order chi connectivity index (χ0) is 46.5. The number of carbonyl (C=O) groups excluding carboxylic acids is 3. The van der Waals surface area contributed by atoms with Crippen molar-refractivity contribution in [1.82, 2.24) is 0 Å². The lowest BCUT2D eigenvalue weighted by Gasteiger charge is -2.18. The normalized spacial score (nSPS) is 12.9. The van der Waals surface area contributed by atoms with Gasteiger partial charge >= 0.3 is 17.9 Å². The van der Waals surface area contributed by atoms with Gasteiger partial charge in [-0.2, -0.15) is 0 Å². The zero-order valence-corrected chi connectivity index (χ0v) is 41.5. The van der Waals surface area contributed by atoms with Crippen LogP contribution in [0, 0.1) is 0 Å². The molecule has 0 saturated heterocycles. The van der Waals surface area contributed by atoms with Crippen LogP contribution in [0.3, 0.4) is 0 Å². The minimum atomic E-state index is -0.807. The van der Waals surface area contributed by atoms with Crippen molar-refractivity contribution >= 4 is 17.9 Å². The SMILES string of the molecule is CC\C=C/C=C\C=C/C=C\CCCCCCCC(=O)OC(COC(=O)CCCC/C=C\C/C=C\C/C=C\CC)COC(=O)CCCCCCCCC/C=C\CCCCCCCCCC. The molecule has 0 aliphatic heterocycles. The highest BCUT2D eigenvalue weighted by Gasteiger charge is 2.19. The third kappa shape index (κ3) is 49.3. The van der Waals surface area contributed by atoms with Crippen molar-refractivity contribution in [3.8, 4) is 0 Å². The van der Waals surface area contributed by atoms with Gasteiger partial charge in [-0.25, -0.2) is 0 Å². The second kappa shape index (κ2) is 52.0. The Bertz CT molecular complexity index is 1300. The Morgan fingerprint density at radius 1 is 0.344 bits per heavy atom. The van der Waals surface area contributed by atoms with Gasteiger partial charge < -0.3 is 14.2 Å². The van der Waals surface area contributed by atoms with Crippen molar-refractivity contribution in [3.63, 3.8) is 0 Å². The molecule has 0 bridgehead atoms. The van der Waals surface area contributed by atoms with Crippen molar-refractivity contribution in [2.75, 3.05) is 13.2 Å². The molecule has 0 radical (unpaired) electrons. The first-order chi connectivity index (χ1) is 31.5. The monoisotopic (exact) mass is 889 g/mol. The Balaban J connectivity index is 4.43. The number of esters is 3. The highest BCUT2D eigenvalue weighted by atomic mass is 16.6. The molecule has 0 amide bonds. The van der Waals surface area contributed by atoms with Crippen LogP contribution in [0.5, 0.6) is 0 Å². The summed E-state index contributed by atoms with van der Waals surface area (Å²) in [5, 5.41) is 0. The maximum absolute atomic E-state index is 12.8. The van der Waals surface area contributed by atoms with Crippen LogP contribution in [0.1, 0.15) is 233 Å². The van der Waals surface area contributed by atoms with E-state index in [4.69, 9.17) is 14.2 Å². The molecule has 64 heavy (non-hydrogen) atoms. The Hall–Kier alpha value is -3.67. The maximum Gasteiger partial charge on any atom is 0.306 e. The molecule has 0 N–H and O–H groups in total. The summed E-state index contributed by atoms with van der Waals surface area (Å²) < 4.78 is 16.7. The molecule has 0 rings (SSSR count). The number of ether oxygens (including phenoxy) is 3. The van der Waals surface area contributed by atoms with E-state index in [1.807, 2.05) is 24.3 Å². The summed E-state index contributed by atoms with van der Waals surface area (Å²) in [5.74, 6) is -0.974. The van der Waals surface area contributed by atoms with Crippen LogP contribution < -0.4 is 0 Å². The Labute approximate surface area is 394 Å². The number of rotatable bonds is 46. The fraction of sp³-hybridized carbons (Fsp3) is 0.672. The number of allylic oxidation sites excluding steroid dienone is 16. The van der Waals surface area contributed by atoms with Crippen LogP contribution in [0.4, 0.5) is 0 Å². The van der Waals surface area contributed by atoms with Crippen LogP contribution >= 0.6 is 0 Å². The average Bonchev–Trinajstić information content (AvgIpc) is 3.29. The van der Waals surface area contributed by atoms with Crippen molar-refractivity contribution in [2.45, 2.75) is 239 Å². The average molecular weight is 889 g/mol. The fourth-order valence-electron chi connectivity index (χ4n) is 6.99. The van der Waals surface area contributed by atoms with Gasteiger partial charge in [0.15, 0.2) is 6.10 Å². The molecule has 6 heteroatoms. The minimum Gasteiger partial charge on any atom is -0.462 e. The van der Waals surface area contributed by atoms with Gasteiger partial charge in [-0.05, 0) is 96.3 Å². The third-order valence-electron chi connectivity index (χ3n) is 10.9. The molecule has 0 aromatic carbocycles. The standard InChI is InChI=1S/C58H96O6/c1-4-7-10-13-16-19-22-25-27-28-29-30-32-33-36-39-42-45-48-51-57(60)63-54-55(53-62-56(59)50-47-44-41-38-35-24-21-18-15-12-9-6-3)64-58(61)52-49-46-43-40-37-34-31-26-23-20-17-14-11-8-5-2/h8-9,11-12,14,17-18,20-21,23,26,28-29,31,35,38,55H,4-7,10,13,15-16,19,22,24-25,27,30,32-34,36-37,39-54H2,1-3H3/b11-8-,12-9-,17-14-,21-18-,23-20-,29-28-,31-26-,38-35-. The first-order valence-electron chi connectivity index (χ1n) is 26.3. The topological polar surface area (TPSA) is 78.9 Å². The Morgan fingerprint density at radius 3 is 1.19 bits per heavy atom. The van der Waals surface area contributed by atoms with Crippen molar-refractivity contribution in [2.24, 2.45) is 0 Å². The van der Waals surface area contributed by atoms with Gasteiger partial charge in [0.25, 0.3) is 0 Å². The van der Waals surface area contributed by atoms with Crippen LogP contribution in [-0.4, -0.2) is 37.2 Å². The van der Waals surface area contributed by atoms with Gasteiger partial charge in [0.2, 0.25) is 0 Å². The quantitative estimate of drug-likeness (QED) is 0.0199. The summed E-state index contributed by atoms with van der Waals surface area (Å²) in [7, 11) is 0. The van der Waals surface area contributed by atoms with Crippen molar-refractivity contribution in [3.05, 3.63) is 97.2 Å². The summed E-state index contributed by atoms with van der Waals surface area (Å²) in [5.41, 5.74) is 0. The lowest BCUT2D eigenvalue weighted by Crippen LogP contribution is -2.30. The molecule has 6 nitrogen and oxygen atoms in total. The summed E-state index contributed by atoms with van der Waals surface area (Å²) in [6.07, 6.45) is 68.3. The molecule has 0 fully saturated rings. The van der Waals surface area contributed by atoms with Gasteiger partial charge in [0.1, 0.15) is 13.2 Å².